The van der Waals surface area contributed by atoms with Crippen molar-refractivity contribution < 1.29 is 28.7 Å². The molecule has 1 aromatic heterocycles. The summed E-state index contributed by atoms with van der Waals surface area (Å²) >= 11 is 1.48. The summed E-state index contributed by atoms with van der Waals surface area (Å²) in [6.45, 7) is 3.66. The van der Waals surface area contributed by atoms with E-state index in [2.05, 4.69) is 5.32 Å². The maximum Gasteiger partial charge on any atom is 0.346 e. The van der Waals surface area contributed by atoms with Crippen LogP contribution >= 0.6 is 11.3 Å². The SMILES string of the molecule is CCOc1cc([N+](=O)[O-])c(C(=O)O[C@@H](C)C(=O)NCc2cccs2)cc1OC. The van der Waals surface area contributed by atoms with E-state index in [9.17, 15) is 19.7 Å². The number of rotatable bonds is 9. The third-order valence-corrected chi connectivity index (χ3v) is 4.54. The lowest BCUT2D eigenvalue weighted by Gasteiger charge is -2.15. The number of nitrogens with zero attached hydrogens (tertiary/aromatic N) is 1. The Morgan fingerprint density at radius 3 is 2.64 bits per heavy atom. The molecule has 0 aliphatic heterocycles. The first-order chi connectivity index (χ1) is 13.4. The highest BCUT2D eigenvalue weighted by molar-refractivity contribution is 7.09. The van der Waals surface area contributed by atoms with E-state index in [0.29, 0.717) is 6.54 Å². The molecule has 9 nitrogen and oxygen atoms in total. The molecule has 1 atom stereocenters. The Morgan fingerprint density at radius 1 is 1.32 bits per heavy atom. The van der Waals surface area contributed by atoms with E-state index in [0.717, 1.165) is 10.9 Å². The Labute approximate surface area is 165 Å². The fourth-order valence-electron chi connectivity index (χ4n) is 2.30. The van der Waals surface area contributed by atoms with Crippen molar-refractivity contribution in [3.63, 3.8) is 0 Å². The second kappa shape index (κ2) is 9.70. The van der Waals surface area contributed by atoms with Crippen LogP contribution < -0.4 is 14.8 Å². The van der Waals surface area contributed by atoms with E-state index < -0.39 is 28.6 Å². The molecular formula is C18H20N2O7S. The highest BCUT2D eigenvalue weighted by atomic mass is 32.1. The Morgan fingerprint density at radius 2 is 2.07 bits per heavy atom. The topological polar surface area (TPSA) is 117 Å². The normalized spacial score (nSPS) is 11.4. The van der Waals surface area contributed by atoms with Crippen LogP contribution in [0.4, 0.5) is 5.69 Å². The van der Waals surface area contributed by atoms with Crippen molar-refractivity contribution in [1.82, 2.24) is 5.32 Å². The van der Waals surface area contributed by atoms with Crippen LogP contribution in [0.2, 0.25) is 0 Å². The zero-order valence-electron chi connectivity index (χ0n) is 15.6. The van der Waals surface area contributed by atoms with Crippen LogP contribution in [0.5, 0.6) is 11.5 Å². The van der Waals surface area contributed by atoms with Crippen LogP contribution in [0.25, 0.3) is 0 Å². The van der Waals surface area contributed by atoms with E-state index in [1.165, 1.54) is 31.4 Å². The summed E-state index contributed by atoms with van der Waals surface area (Å²) < 4.78 is 15.5. The highest BCUT2D eigenvalue weighted by Gasteiger charge is 2.28. The van der Waals surface area contributed by atoms with Crippen LogP contribution in [0.3, 0.4) is 0 Å². The smallest absolute Gasteiger partial charge is 0.346 e. The van der Waals surface area contributed by atoms with Gasteiger partial charge in [0.05, 0.1) is 31.3 Å². The summed E-state index contributed by atoms with van der Waals surface area (Å²) in [5.74, 6) is -1.24. The number of carbonyl (C=O) groups excluding carboxylic acids is 2. The zero-order chi connectivity index (χ0) is 20.7. The van der Waals surface area contributed by atoms with Crippen molar-refractivity contribution in [3.8, 4) is 11.5 Å². The molecule has 0 saturated carbocycles. The van der Waals surface area contributed by atoms with Gasteiger partial charge in [-0.05, 0) is 25.3 Å². The van der Waals surface area contributed by atoms with Crippen LogP contribution in [-0.2, 0) is 16.1 Å². The van der Waals surface area contributed by atoms with Crippen molar-refractivity contribution >= 4 is 28.9 Å². The van der Waals surface area contributed by atoms with Gasteiger partial charge in [0.15, 0.2) is 17.6 Å². The molecule has 0 unspecified atom stereocenters. The molecule has 1 N–H and O–H groups in total. The maximum absolute atomic E-state index is 12.5. The van der Waals surface area contributed by atoms with E-state index in [-0.39, 0.29) is 23.7 Å². The van der Waals surface area contributed by atoms with Crippen molar-refractivity contribution in [3.05, 3.63) is 50.2 Å². The first-order valence-electron chi connectivity index (χ1n) is 8.37. The molecule has 0 saturated heterocycles. The van der Waals surface area contributed by atoms with Crippen LogP contribution in [-0.4, -0.2) is 36.6 Å². The number of nitrogens with one attached hydrogen (secondary N) is 1. The van der Waals surface area contributed by atoms with Gasteiger partial charge in [-0.25, -0.2) is 4.79 Å². The molecule has 1 heterocycles. The van der Waals surface area contributed by atoms with Gasteiger partial charge < -0.3 is 19.5 Å². The van der Waals surface area contributed by atoms with E-state index in [1.807, 2.05) is 17.5 Å². The van der Waals surface area contributed by atoms with Gasteiger partial charge in [-0.3, -0.25) is 14.9 Å². The fraction of sp³-hybridized carbons (Fsp3) is 0.333. The summed E-state index contributed by atoms with van der Waals surface area (Å²) in [5, 5.41) is 15.9. The lowest BCUT2D eigenvalue weighted by molar-refractivity contribution is -0.385. The summed E-state index contributed by atoms with van der Waals surface area (Å²) in [6, 6.07) is 5.98. The minimum Gasteiger partial charge on any atom is -0.493 e. The summed E-state index contributed by atoms with van der Waals surface area (Å²) in [5.41, 5.74) is -0.830. The number of carbonyl (C=O) groups is 2. The number of hydrogen-bond donors (Lipinski definition) is 1. The molecule has 2 rings (SSSR count). The Balaban J connectivity index is 2.15. The number of amides is 1. The predicted molar refractivity (Wildman–Crippen MR) is 102 cm³/mol. The van der Waals surface area contributed by atoms with Crippen molar-refractivity contribution in [2.75, 3.05) is 13.7 Å². The number of thiophene rings is 1. The molecule has 2 aromatic rings. The van der Waals surface area contributed by atoms with Crippen LogP contribution in [0, 0.1) is 10.1 Å². The van der Waals surface area contributed by atoms with Gasteiger partial charge in [-0.15, -0.1) is 11.3 Å². The monoisotopic (exact) mass is 408 g/mol. The number of ether oxygens (including phenoxy) is 3. The molecule has 1 aromatic carbocycles. The molecule has 0 radical (unpaired) electrons. The van der Waals surface area contributed by atoms with E-state index in [1.54, 1.807) is 6.92 Å². The Kier molecular flexibility index (Phi) is 7.33. The lowest BCUT2D eigenvalue weighted by atomic mass is 10.1. The number of esters is 1. The van der Waals surface area contributed by atoms with Gasteiger partial charge in [-0.1, -0.05) is 6.07 Å². The van der Waals surface area contributed by atoms with Gasteiger partial charge in [0.25, 0.3) is 11.6 Å². The molecular weight excluding hydrogens is 388 g/mol. The second-order valence-electron chi connectivity index (χ2n) is 5.56. The third-order valence-electron chi connectivity index (χ3n) is 3.67. The molecule has 0 spiro atoms. The molecule has 0 aliphatic carbocycles. The minimum absolute atomic E-state index is 0.134. The van der Waals surface area contributed by atoms with E-state index in [4.69, 9.17) is 14.2 Å². The lowest BCUT2D eigenvalue weighted by Crippen LogP contribution is -2.35. The van der Waals surface area contributed by atoms with Crippen molar-refractivity contribution in [2.45, 2.75) is 26.5 Å². The van der Waals surface area contributed by atoms with Crippen molar-refractivity contribution in [1.29, 1.82) is 0 Å². The van der Waals surface area contributed by atoms with Crippen molar-refractivity contribution in [2.24, 2.45) is 0 Å². The predicted octanol–water partition coefficient (Wildman–Crippen LogP) is 2.93. The van der Waals surface area contributed by atoms with Gasteiger partial charge in [0.1, 0.15) is 5.56 Å². The molecule has 0 fully saturated rings. The average molecular weight is 408 g/mol. The number of benzene rings is 1. The molecule has 1 amide bonds. The first kappa shape index (κ1) is 21.2. The minimum atomic E-state index is -1.13. The molecule has 10 heteroatoms. The molecule has 0 bridgehead atoms. The van der Waals surface area contributed by atoms with Gasteiger partial charge >= 0.3 is 5.97 Å². The second-order valence-corrected chi connectivity index (χ2v) is 6.59. The average Bonchev–Trinajstić information content (AvgIpc) is 3.19. The zero-order valence-corrected chi connectivity index (χ0v) is 16.4. The number of hydrogen-bond acceptors (Lipinski definition) is 8. The van der Waals surface area contributed by atoms with Gasteiger partial charge in [-0.2, -0.15) is 0 Å². The Bertz CT molecular complexity index is 852. The number of nitro groups is 1. The standard InChI is InChI=1S/C18H20N2O7S/c1-4-26-16-9-14(20(23)24)13(8-15(16)25-3)18(22)27-11(2)17(21)19-10-12-6-5-7-28-12/h5-9,11H,4,10H2,1-3H3,(H,19,21)/t11-/m0/s1. The summed E-state index contributed by atoms with van der Waals surface area (Å²) in [4.78, 5) is 36.2. The van der Waals surface area contributed by atoms with Gasteiger partial charge in [0, 0.05) is 10.9 Å². The number of nitro benzene ring substituents is 1. The molecule has 0 aliphatic rings. The summed E-state index contributed by atoms with van der Waals surface area (Å²) in [7, 11) is 1.35. The van der Waals surface area contributed by atoms with Crippen LogP contribution in [0.15, 0.2) is 29.6 Å². The quantitative estimate of drug-likeness (QED) is 0.385. The largest absolute Gasteiger partial charge is 0.493 e. The van der Waals surface area contributed by atoms with Crippen LogP contribution in [0.1, 0.15) is 29.1 Å². The number of methoxy groups -OCH3 is 1. The molecule has 28 heavy (non-hydrogen) atoms. The fourth-order valence-corrected chi connectivity index (χ4v) is 2.94. The molecule has 150 valence electrons. The highest BCUT2D eigenvalue weighted by Crippen LogP contribution is 2.35. The summed E-state index contributed by atoms with van der Waals surface area (Å²) in [6.07, 6.45) is -1.13. The van der Waals surface area contributed by atoms with Gasteiger partial charge in [0.2, 0.25) is 0 Å². The maximum atomic E-state index is 12.5. The Hall–Kier alpha value is -3.14. The van der Waals surface area contributed by atoms with E-state index >= 15 is 0 Å². The third kappa shape index (κ3) is 5.19. The first-order valence-corrected chi connectivity index (χ1v) is 9.25.